The molecule has 10 nitrogen and oxygen atoms in total. The minimum absolute atomic E-state index is 0.111. The van der Waals surface area contributed by atoms with Crippen LogP contribution in [0.5, 0.6) is 11.5 Å². The number of amides is 2. The number of fused-ring (bicyclic) bond motifs is 1. The van der Waals surface area contributed by atoms with Crippen molar-refractivity contribution in [2.45, 2.75) is 25.9 Å². The fourth-order valence-electron chi connectivity index (χ4n) is 4.28. The minimum atomic E-state index is -1.41. The van der Waals surface area contributed by atoms with Crippen molar-refractivity contribution in [3.05, 3.63) is 54.4 Å². The smallest absolute Gasteiger partial charge is 0.325 e. The maximum atomic E-state index is 13.8. The van der Waals surface area contributed by atoms with Crippen molar-refractivity contribution in [2.75, 3.05) is 32.3 Å². The molecule has 0 bridgehead atoms. The number of nitrogens with zero attached hydrogens (tertiary/aromatic N) is 2. The van der Waals surface area contributed by atoms with Gasteiger partial charge in [0.15, 0.2) is 11.5 Å². The summed E-state index contributed by atoms with van der Waals surface area (Å²) in [5, 5.41) is 2.63. The van der Waals surface area contributed by atoms with Crippen LogP contribution in [0.25, 0.3) is 11.5 Å². The molecular weight excluding hydrogens is 454 g/mol. The van der Waals surface area contributed by atoms with E-state index in [1.165, 1.54) is 19.1 Å². The van der Waals surface area contributed by atoms with E-state index in [0.29, 0.717) is 34.3 Å². The Balaban J connectivity index is 1.80. The van der Waals surface area contributed by atoms with Crippen LogP contribution in [-0.2, 0) is 20.9 Å². The van der Waals surface area contributed by atoms with Gasteiger partial charge < -0.3 is 28.5 Å². The van der Waals surface area contributed by atoms with E-state index in [1.54, 1.807) is 67.1 Å². The second-order valence-corrected chi connectivity index (χ2v) is 8.11. The molecule has 2 amide bonds. The summed E-state index contributed by atoms with van der Waals surface area (Å²) in [4.78, 5) is 40.7. The summed E-state index contributed by atoms with van der Waals surface area (Å²) in [6.07, 6.45) is 1.54. The molecule has 2 aromatic heterocycles. The van der Waals surface area contributed by atoms with Gasteiger partial charge >= 0.3 is 5.97 Å². The first kappa shape index (κ1) is 23.9. The van der Waals surface area contributed by atoms with Gasteiger partial charge in [-0.2, -0.15) is 0 Å². The van der Waals surface area contributed by atoms with Crippen molar-refractivity contribution < 1.29 is 33.0 Å². The van der Waals surface area contributed by atoms with E-state index in [0.717, 1.165) is 0 Å². The van der Waals surface area contributed by atoms with E-state index in [1.807, 2.05) is 0 Å². The van der Waals surface area contributed by atoms with Gasteiger partial charge in [0, 0.05) is 11.8 Å². The molecular formula is C25H27N3O7. The van der Waals surface area contributed by atoms with Crippen molar-refractivity contribution in [3.8, 4) is 23.0 Å². The molecule has 0 aliphatic carbocycles. The highest BCUT2D eigenvalue weighted by Gasteiger charge is 2.49. The number of furan rings is 1. The van der Waals surface area contributed by atoms with Crippen LogP contribution in [0.4, 0.5) is 5.69 Å². The van der Waals surface area contributed by atoms with Crippen molar-refractivity contribution in [1.29, 1.82) is 0 Å². The van der Waals surface area contributed by atoms with E-state index in [-0.39, 0.29) is 19.7 Å². The Kier molecular flexibility index (Phi) is 6.54. The van der Waals surface area contributed by atoms with Gasteiger partial charge in [0.25, 0.3) is 5.91 Å². The van der Waals surface area contributed by atoms with Gasteiger partial charge in [0.2, 0.25) is 5.91 Å². The fraction of sp³-hybridized carbons (Fsp3) is 0.320. The van der Waals surface area contributed by atoms with Crippen LogP contribution in [0.3, 0.4) is 0 Å². The fourth-order valence-corrected chi connectivity index (χ4v) is 4.28. The van der Waals surface area contributed by atoms with Crippen molar-refractivity contribution in [3.63, 3.8) is 0 Å². The molecule has 1 aromatic carbocycles. The van der Waals surface area contributed by atoms with Crippen molar-refractivity contribution in [2.24, 2.45) is 0 Å². The average molecular weight is 482 g/mol. The SMILES string of the molecule is CCOC(=O)CNC(=O)[C@@]1(C)Cn2c(ccc2-c2ccco2)C(=O)N1c1ccc(OC)c(OC)c1. The molecule has 3 aromatic rings. The molecule has 184 valence electrons. The number of ether oxygens (including phenoxy) is 3. The monoisotopic (exact) mass is 481 g/mol. The van der Waals surface area contributed by atoms with Gasteiger partial charge in [-0.25, -0.2) is 0 Å². The van der Waals surface area contributed by atoms with Gasteiger partial charge in [-0.05, 0) is 50.2 Å². The number of carbonyl (C=O) groups is 3. The third-order valence-electron chi connectivity index (χ3n) is 5.95. The maximum absolute atomic E-state index is 13.8. The van der Waals surface area contributed by atoms with Crippen LogP contribution in [0, 0.1) is 0 Å². The molecule has 0 unspecified atom stereocenters. The van der Waals surface area contributed by atoms with Gasteiger partial charge in [0.1, 0.15) is 23.5 Å². The van der Waals surface area contributed by atoms with Crippen LogP contribution < -0.4 is 19.7 Å². The Hall–Kier alpha value is -4.21. The molecule has 0 radical (unpaired) electrons. The Morgan fingerprint density at radius 3 is 2.49 bits per heavy atom. The number of aromatic nitrogens is 1. The zero-order chi connectivity index (χ0) is 25.2. The molecule has 1 N–H and O–H groups in total. The van der Waals surface area contributed by atoms with Crippen LogP contribution in [0.2, 0.25) is 0 Å². The number of rotatable bonds is 8. The largest absolute Gasteiger partial charge is 0.493 e. The van der Waals surface area contributed by atoms with Crippen LogP contribution in [0.15, 0.2) is 53.1 Å². The number of anilines is 1. The van der Waals surface area contributed by atoms with Crippen LogP contribution in [0.1, 0.15) is 24.3 Å². The molecule has 0 fully saturated rings. The van der Waals surface area contributed by atoms with E-state index in [9.17, 15) is 14.4 Å². The number of esters is 1. The zero-order valence-corrected chi connectivity index (χ0v) is 20.0. The molecule has 4 rings (SSSR count). The Morgan fingerprint density at radius 2 is 1.83 bits per heavy atom. The minimum Gasteiger partial charge on any atom is -0.493 e. The molecule has 3 heterocycles. The molecule has 1 aliphatic heterocycles. The molecule has 1 aliphatic rings. The van der Waals surface area contributed by atoms with E-state index in [4.69, 9.17) is 18.6 Å². The van der Waals surface area contributed by atoms with E-state index in [2.05, 4.69) is 5.32 Å². The molecule has 0 saturated heterocycles. The molecule has 0 spiro atoms. The average Bonchev–Trinajstić information content (AvgIpc) is 3.52. The standard InChI is InChI=1S/C25H27N3O7/c1-5-34-22(29)14-26-24(31)25(2)15-27-17(19-7-6-12-35-19)9-10-18(27)23(30)28(25)16-8-11-20(32-3)21(13-16)33-4/h6-13H,5,14-15H2,1-4H3,(H,26,31)/t25-/m1/s1. The quantitative estimate of drug-likeness (QED) is 0.493. The number of hydrogen-bond acceptors (Lipinski definition) is 7. The summed E-state index contributed by atoms with van der Waals surface area (Å²) >= 11 is 0. The predicted octanol–water partition coefficient (Wildman–Crippen LogP) is 2.86. The third-order valence-corrected chi connectivity index (χ3v) is 5.95. The van der Waals surface area contributed by atoms with Gasteiger partial charge in [-0.3, -0.25) is 19.3 Å². The second-order valence-electron chi connectivity index (χ2n) is 8.11. The maximum Gasteiger partial charge on any atom is 0.325 e. The summed E-state index contributed by atoms with van der Waals surface area (Å²) in [5.74, 6) is -0.0180. The Bertz CT molecular complexity index is 1250. The van der Waals surface area contributed by atoms with Gasteiger partial charge in [-0.15, -0.1) is 0 Å². The topological polar surface area (TPSA) is 112 Å². The third kappa shape index (κ3) is 4.23. The summed E-state index contributed by atoms with van der Waals surface area (Å²) in [6.45, 7) is 3.32. The lowest BCUT2D eigenvalue weighted by Crippen LogP contribution is -2.64. The lowest BCUT2D eigenvalue weighted by atomic mass is 9.93. The summed E-state index contributed by atoms with van der Waals surface area (Å²) in [5.41, 5.74) is 0.0845. The molecule has 1 atom stereocenters. The second kappa shape index (κ2) is 9.57. The molecule has 35 heavy (non-hydrogen) atoms. The summed E-state index contributed by atoms with van der Waals surface area (Å²) in [7, 11) is 3.01. The highest BCUT2D eigenvalue weighted by Crippen LogP contribution is 2.39. The van der Waals surface area contributed by atoms with Crippen molar-refractivity contribution in [1.82, 2.24) is 9.88 Å². The Morgan fingerprint density at radius 1 is 1.09 bits per heavy atom. The molecule has 10 heteroatoms. The van der Waals surface area contributed by atoms with Gasteiger partial charge in [0.05, 0.1) is 39.3 Å². The van der Waals surface area contributed by atoms with Crippen molar-refractivity contribution >= 4 is 23.5 Å². The van der Waals surface area contributed by atoms with Crippen LogP contribution >= 0.6 is 0 Å². The highest BCUT2D eigenvalue weighted by molar-refractivity contribution is 6.12. The normalized spacial score (nSPS) is 17.0. The lowest BCUT2D eigenvalue weighted by molar-refractivity contribution is -0.144. The highest BCUT2D eigenvalue weighted by atomic mass is 16.5. The van der Waals surface area contributed by atoms with Crippen LogP contribution in [-0.4, -0.2) is 55.3 Å². The van der Waals surface area contributed by atoms with Gasteiger partial charge in [-0.1, -0.05) is 0 Å². The predicted molar refractivity (Wildman–Crippen MR) is 127 cm³/mol. The number of hydrogen-bond donors (Lipinski definition) is 1. The number of nitrogens with one attached hydrogen (secondary N) is 1. The number of carbonyl (C=O) groups excluding carboxylic acids is 3. The first-order chi connectivity index (χ1) is 16.8. The van der Waals surface area contributed by atoms with E-state index >= 15 is 0 Å². The number of benzene rings is 1. The summed E-state index contributed by atoms with van der Waals surface area (Å²) in [6, 6.07) is 12.0. The number of methoxy groups -OCH3 is 2. The first-order valence-electron chi connectivity index (χ1n) is 11.1. The first-order valence-corrected chi connectivity index (χ1v) is 11.1. The van der Waals surface area contributed by atoms with E-state index < -0.39 is 23.3 Å². The lowest BCUT2D eigenvalue weighted by Gasteiger charge is -2.44. The molecule has 0 saturated carbocycles. The summed E-state index contributed by atoms with van der Waals surface area (Å²) < 4.78 is 23.0. The Labute approximate surface area is 202 Å². The zero-order valence-electron chi connectivity index (χ0n) is 20.0.